The maximum Gasteiger partial charge on any atom is 0.335 e. The number of alkyl halides is 2. The number of fused-ring (bicyclic) bond motifs is 2. The zero-order chi connectivity index (χ0) is 18.7. The van der Waals surface area contributed by atoms with Crippen molar-refractivity contribution >= 4 is 23.6 Å². The second-order valence-electron chi connectivity index (χ2n) is 7.40. The van der Waals surface area contributed by atoms with Crippen LogP contribution < -0.4 is 5.43 Å². The average Bonchev–Trinajstić information content (AvgIpc) is 2.87. The van der Waals surface area contributed by atoms with Gasteiger partial charge in [-0.1, -0.05) is 13.0 Å². The Balaban J connectivity index is 1.64. The van der Waals surface area contributed by atoms with Crippen molar-refractivity contribution in [1.29, 1.82) is 0 Å². The van der Waals surface area contributed by atoms with Crippen LogP contribution in [0, 0.1) is 11.3 Å². The van der Waals surface area contributed by atoms with E-state index in [9.17, 15) is 13.6 Å². The number of carboxylic acids is 1. The number of rotatable bonds is 5. The lowest BCUT2D eigenvalue weighted by molar-refractivity contribution is 0.0629. The molecule has 1 saturated carbocycles. The summed E-state index contributed by atoms with van der Waals surface area (Å²) in [6.45, 7) is 5.03. The lowest BCUT2D eigenvalue weighted by atomic mass is 9.86. The fourth-order valence-corrected chi connectivity index (χ4v) is 4.17. The Kier molecular flexibility index (Phi) is 3.48. The molecule has 0 saturated heterocycles. The number of H-pyrrole nitrogens is 1. The van der Waals surface area contributed by atoms with Crippen LogP contribution in [0.3, 0.4) is 0 Å². The number of carbonyl (C=O) groups is 1. The van der Waals surface area contributed by atoms with Gasteiger partial charge < -0.3 is 10.1 Å². The molecule has 136 valence electrons. The molecule has 0 aliphatic heterocycles. The van der Waals surface area contributed by atoms with E-state index in [4.69, 9.17) is 5.11 Å². The molecule has 7 heteroatoms. The molecule has 1 fully saturated rings. The van der Waals surface area contributed by atoms with E-state index in [-0.39, 0.29) is 12.0 Å². The van der Waals surface area contributed by atoms with E-state index in [2.05, 4.69) is 22.2 Å². The van der Waals surface area contributed by atoms with Gasteiger partial charge in [0.25, 0.3) is 5.92 Å². The zero-order valence-corrected chi connectivity index (χ0v) is 14.3. The van der Waals surface area contributed by atoms with Crippen molar-refractivity contribution in [3.05, 3.63) is 46.8 Å². The van der Waals surface area contributed by atoms with Gasteiger partial charge in [0, 0.05) is 47.8 Å². The van der Waals surface area contributed by atoms with Crippen molar-refractivity contribution in [3.8, 4) is 0 Å². The Hall–Kier alpha value is -2.70. The summed E-state index contributed by atoms with van der Waals surface area (Å²) in [7, 11) is 0. The predicted molar refractivity (Wildman–Crippen MR) is 94.5 cm³/mol. The van der Waals surface area contributed by atoms with E-state index >= 15 is 0 Å². The van der Waals surface area contributed by atoms with E-state index in [1.165, 1.54) is 0 Å². The highest BCUT2D eigenvalue weighted by Gasteiger charge is 2.78. The van der Waals surface area contributed by atoms with Crippen LogP contribution in [0.4, 0.5) is 8.78 Å². The first-order valence-corrected chi connectivity index (χ1v) is 8.41. The van der Waals surface area contributed by atoms with Crippen molar-refractivity contribution in [2.45, 2.75) is 32.1 Å². The van der Waals surface area contributed by atoms with Crippen molar-refractivity contribution in [2.24, 2.45) is 16.4 Å². The Bertz CT molecular complexity index is 963. The molecule has 0 bridgehead atoms. The molecule has 0 radical (unpaired) electrons. The quantitative estimate of drug-likeness (QED) is 0.559. The van der Waals surface area contributed by atoms with Crippen LogP contribution in [-0.4, -0.2) is 28.7 Å². The van der Waals surface area contributed by atoms with Crippen LogP contribution in [0.2, 0.25) is 0 Å². The number of allylic oxidation sites excluding steroid dienone is 2. The molecule has 1 aromatic carbocycles. The fraction of sp³-hybridized carbons (Fsp3) is 0.368. The van der Waals surface area contributed by atoms with Crippen LogP contribution in [-0.2, 0) is 6.42 Å². The van der Waals surface area contributed by atoms with E-state index in [0.717, 1.165) is 16.7 Å². The van der Waals surface area contributed by atoms with Crippen LogP contribution in [0.15, 0.2) is 40.6 Å². The molecule has 2 unspecified atom stereocenters. The highest BCUT2D eigenvalue weighted by Crippen LogP contribution is 2.72. The maximum atomic E-state index is 14.1. The lowest BCUT2D eigenvalue weighted by Crippen LogP contribution is -2.20. The third-order valence-electron chi connectivity index (χ3n) is 5.85. The van der Waals surface area contributed by atoms with Crippen molar-refractivity contribution < 1.29 is 18.7 Å². The number of nitrogens with zero attached hydrogens (tertiary/aromatic N) is 1. The Labute approximate surface area is 148 Å². The van der Waals surface area contributed by atoms with Gasteiger partial charge in [-0.2, -0.15) is 5.10 Å². The minimum absolute atomic E-state index is 0.203. The van der Waals surface area contributed by atoms with Crippen LogP contribution in [0.5, 0.6) is 0 Å². The first-order valence-electron chi connectivity index (χ1n) is 8.41. The molecule has 0 spiro atoms. The molecule has 26 heavy (non-hydrogen) atoms. The number of nitrogens with one attached hydrogen (secondary N) is 2. The number of carboxylic acid groups (broad SMARTS) is 1. The number of aromatic carboxylic acids is 1. The summed E-state index contributed by atoms with van der Waals surface area (Å²) in [4.78, 5) is 14.3. The summed E-state index contributed by atoms with van der Waals surface area (Å²) in [6.07, 6.45) is 1.05. The van der Waals surface area contributed by atoms with E-state index in [1.807, 2.05) is 6.07 Å². The third kappa shape index (κ3) is 2.34. The predicted octanol–water partition coefficient (Wildman–Crippen LogP) is 3.93. The minimum atomic E-state index is -2.65. The van der Waals surface area contributed by atoms with Crippen molar-refractivity contribution in [1.82, 2.24) is 10.4 Å². The van der Waals surface area contributed by atoms with Gasteiger partial charge in [-0.15, -0.1) is 0 Å². The van der Waals surface area contributed by atoms with Gasteiger partial charge in [0.15, 0.2) is 0 Å². The summed E-state index contributed by atoms with van der Waals surface area (Å²) >= 11 is 0. The van der Waals surface area contributed by atoms with Crippen LogP contribution in [0.25, 0.3) is 10.9 Å². The Morgan fingerprint density at radius 1 is 1.46 bits per heavy atom. The molecular weight excluding hydrogens is 340 g/mol. The topological polar surface area (TPSA) is 77.5 Å². The van der Waals surface area contributed by atoms with Gasteiger partial charge >= 0.3 is 5.97 Å². The second-order valence-corrected chi connectivity index (χ2v) is 7.40. The van der Waals surface area contributed by atoms with E-state index in [1.54, 1.807) is 25.1 Å². The van der Waals surface area contributed by atoms with E-state index < -0.39 is 23.2 Å². The van der Waals surface area contributed by atoms with Gasteiger partial charge in [-0.25, -0.2) is 13.6 Å². The van der Waals surface area contributed by atoms with Crippen LogP contribution >= 0.6 is 0 Å². The monoisotopic (exact) mass is 359 g/mol. The average molecular weight is 359 g/mol. The molecule has 1 heterocycles. The number of aromatic amines is 1. The molecule has 3 N–H and O–H groups in total. The Morgan fingerprint density at radius 2 is 2.23 bits per heavy atom. The lowest BCUT2D eigenvalue weighted by Gasteiger charge is -2.22. The molecule has 1 aromatic heterocycles. The number of benzene rings is 1. The van der Waals surface area contributed by atoms with E-state index in [0.29, 0.717) is 24.1 Å². The molecule has 5 nitrogen and oxygen atoms in total. The van der Waals surface area contributed by atoms with Gasteiger partial charge in [-0.05, 0) is 35.6 Å². The smallest absolute Gasteiger partial charge is 0.335 e. The first kappa shape index (κ1) is 16.8. The van der Waals surface area contributed by atoms with Gasteiger partial charge in [0.2, 0.25) is 0 Å². The first-order chi connectivity index (χ1) is 12.3. The summed E-state index contributed by atoms with van der Waals surface area (Å²) in [5.41, 5.74) is 5.18. The number of hydrogen-bond donors (Lipinski definition) is 3. The maximum absolute atomic E-state index is 14.1. The number of hydrogen-bond acceptors (Lipinski definition) is 3. The molecule has 0 amide bonds. The SMILES string of the molecule is C=NNC1=C(Cc2cc3ccc(C(=O)O)cc3[nH]2)CC2C(F)(F)C2(C)C1. The molecule has 2 aromatic rings. The molecular formula is C19H19F2N3O2. The second kappa shape index (κ2) is 5.40. The largest absolute Gasteiger partial charge is 0.478 e. The normalized spacial score (nSPS) is 26.5. The van der Waals surface area contributed by atoms with Crippen molar-refractivity contribution in [3.63, 3.8) is 0 Å². The molecule has 4 rings (SSSR count). The minimum Gasteiger partial charge on any atom is -0.478 e. The van der Waals surface area contributed by atoms with Crippen LogP contribution in [0.1, 0.15) is 35.8 Å². The molecule has 2 atom stereocenters. The molecule has 2 aliphatic carbocycles. The zero-order valence-electron chi connectivity index (χ0n) is 14.3. The summed E-state index contributed by atoms with van der Waals surface area (Å²) < 4.78 is 28.3. The molecule has 2 aliphatic rings. The van der Waals surface area contributed by atoms with Gasteiger partial charge in [0.1, 0.15) is 0 Å². The van der Waals surface area contributed by atoms with Crippen molar-refractivity contribution in [2.75, 3.05) is 0 Å². The third-order valence-corrected chi connectivity index (χ3v) is 5.85. The number of halogens is 2. The highest BCUT2D eigenvalue weighted by atomic mass is 19.3. The highest BCUT2D eigenvalue weighted by molar-refractivity contribution is 5.93. The standard InChI is InChI=1S/C19H19F2N3O2/c1-18-9-15(24-22-2)12(8-16(18)19(18,20)21)6-13-5-10-3-4-11(17(25)26)7-14(10)23-13/h3-5,7,16,23-24H,2,6,8-9H2,1H3,(H,25,26). The number of hydrazone groups is 1. The van der Waals surface area contributed by atoms with Gasteiger partial charge in [-0.3, -0.25) is 5.43 Å². The Morgan fingerprint density at radius 3 is 2.92 bits per heavy atom. The van der Waals surface area contributed by atoms with Gasteiger partial charge in [0.05, 0.1) is 5.56 Å². The summed E-state index contributed by atoms with van der Waals surface area (Å²) in [5.74, 6) is -4.28. The summed E-state index contributed by atoms with van der Waals surface area (Å²) in [6, 6.07) is 6.79. The summed E-state index contributed by atoms with van der Waals surface area (Å²) in [5, 5.41) is 13.7. The number of aromatic nitrogens is 1. The fourth-order valence-electron chi connectivity index (χ4n) is 4.17.